The fourth-order valence-corrected chi connectivity index (χ4v) is 5.43. The lowest BCUT2D eigenvalue weighted by atomic mass is 9.81. The van der Waals surface area contributed by atoms with Crippen molar-refractivity contribution in [2.45, 2.75) is 31.8 Å². The minimum Gasteiger partial charge on any atom is -0.461 e. The van der Waals surface area contributed by atoms with Gasteiger partial charge in [-0.1, -0.05) is 17.7 Å². The minimum absolute atomic E-state index is 0.0286. The molecule has 0 atom stereocenters. The summed E-state index contributed by atoms with van der Waals surface area (Å²) in [4.78, 5) is 38.9. The highest BCUT2D eigenvalue weighted by atomic mass is 35.5. The molecule has 0 radical (unpaired) electrons. The second kappa shape index (κ2) is 10.2. The number of halogens is 3. The molecule has 204 valence electrons. The molecular weight excluding hydrogens is 532 g/mol. The quantitative estimate of drug-likeness (QED) is 0.479. The number of aliphatic hydroxyl groups is 1. The van der Waals surface area contributed by atoms with E-state index >= 15 is 8.78 Å². The van der Waals surface area contributed by atoms with Crippen molar-refractivity contribution in [2.75, 3.05) is 32.8 Å². The van der Waals surface area contributed by atoms with Crippen LogP contribution in [0, 0.1) is 17.6 Å². The number of nitrogens with one attached hydrogen (secondary N) is 1. The molecule has 3 aliphatic rings. The maximum absolute atomic E-state index is 15.3. The zero-order valence-corrected chi connectivity index (χ0v) is 21.7. The molecule has 2 aromatic heterocycles. The van der Waals surface area contributed by atoms with E-state index in [-0.39, 0.29) is 52.4 Å². The Morgan fingerprint density at radius 3 is 2.46 bits per heavy atom. The van der Waals surface area contributed by atoms with E-state index in [0.29, 0.717) is 42.5 Å². The Kier molecular flexibility index (Phi) is 6.72. The first kappa shape index (κ1) is 25.7. The van der Waals surface area contributed by atoms with Crippen LogP contribution in [0.25, 0.3) is 28.0 Å². The third kappa shape index (κ3) is 4.85. The summed E-state index contributed by atoms with van der Waals surface area (Å²) in [7, 11) is 0. The maximum atomic E-state index is 15.3. The molecule has 1 aromatic carbocycles. The average molecular weight is 558 g/mol. The van der Waals surface area contributed by atoms with E-state index in [9.17, 15) is 9.59 Å². The number of nitrogens with zero attached hydrogens (tertiary/aromatic N) is 4. The Labute approximate surface area is 227 Å². The number of likely N-dealkylation sites (tertiary alicyclic amines) is 1. The van der Waals surface area contributed by atoms with Crippen molar-refractivity contribution in [2.24, 2.45) is 5.92 Å². The van der Waals surface area contributed by atoms with Gasteiger partial charge in [0.25, 0.3) is 6.01 Å². The van der Waals surface area contributed by atoms with Crippen LogP contribution in [-0.4, -0.2) is 80.6 Å². The second-order valence-electron chi connectivity index (χ2n) is 10.1. The van der Waals surface area contributed by atoms with Gasteiger partial charge in [-0.15, -0.1) is 0 Å². The Morgan fingerprint density at radius 2 is 1.85 bits per heavy atom. The van der Waals surface area contributed by atoms with Crippen molar-refractivity contribution >= 4 is 40.2 Å². The van der Waals surface area contributed by atoms with E-state index in [1.54, 1.807) is 6.08 Å². The standard InChI is InChI=1S/C27H26ClF2N5O4/c28-18-12-21-25(33-27(31-21)39-17-8-16(9-17)26(38)35-4-1-5-35)32-24(18)23-19(29)10-15(11-20(23)30)14-2-6-34(7-3-14)22(37)13-36/h2,10-12,16-17,36H,1,3-9,13H2,(H,31,32,33). The van der Waals surface area contributed by atoms with Gasteiger partial charge in [-0.25, -0.2) is 13.8 Å². The Balaban J connectivity index is 1.19. The number of benzene rings is 1. The zero-order chi connectivity index (χ0) is 27.3. The number of aromatic nitrogens is 3. The van der Waals surface area contributed by atoms with Gasteiger partial charge in [-0.2, -0.15) is 4.98 Å². The van der Waals surface area contributed by atoms with Crippen LogP contribution in [0.15, 0.2) is 24.3 Å². The molecule has 4 heterocycles. The van der Waals surface area contributed by atoms with Gasteiger partial charge in [0, 0.05) is 32.1 Å². The number of carbonyl (C=O) groups is 2. The van der Waals surface area contributed by atoms with E-state index in [1.807, 2.05) is 4.90 Å². The number of hydrogen-bond acceptors (Lipinski definition) is 6. The lowest BCUT2D eigenvalue weighted by Gasteiger charge is -2.40. The van der Waals surface area contributed by atoms with Crippen molar-refractivity contribution in [1.82, 2.24) is 24.8 Å². The molecule has 39 heavy (non-hydrogen) atoms. The molecule has 12 heteroatoms. The number of fused-ring (bicyclic) bond motifs is 1. The topological polar surface area (TPSA) is 112 Å². The minimum atomic E-state index is -0.826. The van der Waals surface area contributed by atoms with E-state index < -0.39 is 24.1 Å². The van der Waals surface area contributed by atoms with Gasteiger partial charge in [0.2, 0.25) is 11.8 Å². The first-order chi connectivity index (χ1) is 18.8. The van der Waals surface area contributed by atoms with Crippen LogP contribution in [0.5, 0.6) is 6.01 Å². The number of rotatable bonds is 6. The first-order valence-electron chi connectivity index (χ1n) is 12.9. The van der Waals surface area contributed by atoms with Crippen molar-refractivity contribution in [3.63, 3.8) is 0 Å². The van der Waals surface area contributed by atoms with Gasteiger partial charge in [0.1, 0.15) is 24.3 Å². The summed E-state index contributed by atoms with van der Waals surface area (Å²) in [5.41, 5.74) is 1.28. The summed E-state index contributed by atoms with van der Waals surface area (Å²) >= 11 is 6.39. The van der Waals surface area contributed by atoms with Crippen LogP contribution in [0.1, 0.15) is 31.2 Å². The number of carbonyl (C=O) groups excluding carboxylic acids is 2. The third-order valence-electron chi connectivity index (χ3n) is 7.64. The average Bonchev–Trinajstić information content (AvgIpc) is 3.25. The Morgan fingerprint density at radius 1 is 1.10 bits per heavy atom. The predicted octanol–water partition coefficient (Wildman–Crippen LogP) is 3.55. The summed E-state index contributed by atoms with van der Waals surface area (Å²) in [6, 6.07) is 4.16. The molecule has 9 nitrogen and oxygen atoms in total. The van der Waals surface area contributed by atoms with E-state index in [4.69, 9.17) is 21.4 Å². The summed E-state index contributed by atoms with van der Waals surface area (Å²) in [6.45, 7) is 1.67. The first-order valence-corrected chi connectivity index (χ1v) is 13.3. The number of H-pyrrole nitrogens is 1. The molecule has 1 saturated heterocycles. The monoisotopic (exact) mass is 557 g/mol. The van der Waals surface area contributed by atoms with Gasteiger partial charge in [-0.05, 0) is 55.0 Å². The molecule has 6 rings (SSSR count). The van der Waals surface area contributed by atoms with Crippen molar-refractivity contribution in [3.05, 3.63) is 46.5 Å². The smallest absolute Gasteiger partial charge is 0.296 e. The molecule has 1 aliphatic carbocycles. The number of aromatic amines is 1. The van der Waals surface area contributed by atoms with E-state index in [2.05, 4.69) is 15.0 Å². The summed E-state index contributed by atoms with van der Waals surface area (Å²) in [5.74, 6) is -1.90. The Bertz CT molecular complexity index is 1480. The number of pyridine rings is 1. The normalized spacial score (nSPS) is 20.9. The number of amides is 2. The highest BCUT2D eigenvalue weighted by Crippen LogP contribution is 2.37. The Hall–Kier alpha value is -3.57. The number of aliphatic hydroxyl groups excluding tert-OH is 1. The highest BCUT2D eigenvalue weighted by molar-refractivity contribution is 6.33. The van der Waals surface area contributed by atoms with E-state index in [1.165, 1.54) is 23.1 Å². The van der Waals surface area contributed by atoms with E-state index in [0.717, 1.165) is 19.5 Å². The van der Waals surface area contributed by atoms with Crippen LogP contribution in [0.2, 0.25) is 5.02 Å². The van der Waals surface area contributed by atoms with Gasteiger partial charge >= 0.3 is 0 Å². The fourth-order valence-electron chi connectivity index (χ4n) is 5.19. The van der Waals surface area contributed by atoms with Crippen molar-refractivity contribution in [1.29, 1.82) is 0 Å². The van der Waals surface area contributed by atoms with Crippen LogP contribution < -0.4 is 4.74 Å². The van der Waals surface area contributed by atoms with Crippen molar-refractivity contribution < 1.29 is 28.2 Å². The van der Waals surface area contributed by atoms with Gasteiger partial charge in [-0.3, -0.25) is 9.59 Å². The maximum Gasteiger partial charge on any atom is 0.296 e. The molecule has 0 spiro atoms. The number of hydrogen-bond donors (Lipinski definition) is 2. The van der Waals surface area contributed by atoms with Gasteiger partial charge in [0.15, 0.2) is 5.65 Å². The summed E-state index contributed by atoms with van der Waals surface area (Å²) in [6.07, 6.45) is 4.25. The lowest BCUT2D eigenvalue weighted by Crippen LogP contribution is -2.50. The van der Waals surface area contributed by atoms with Crippen LogP contribution in [-0.2, 0) is 9.59 Å². The third-order valence-corrected chi connectivity index (χ3v) is 7.93. The zero-order valence-electron chi connectivity index (χ0n) is 20.9. The van der Waals surface area contributed by atoms with Crippen molar-refractivity contribution in [3.8, 4) is 17.3 Å². The summed E-state index contributed by atoms with van der Waals surface area (Å²) in [5, 5.41) is 9.07. The molecule has 3 aromatic rings. The molecular formula is C27H26ClF2N5O4. The number of imidazole rings is 1. The number of ether oxygens (including phenoxy) is 1. The van der Waals surface area contributed by atoms with Gasteiger partial charge in [0.05, 0.1) is 21.8 Å². The highest BCUT2D eigenvalue weighted by Gasteiger charge is 2.40. The van der Waals surface area contributed by atoms with Gasteiger partial charge < -0.3 is 24.6 Å². The van der Waals surface area contributed by atoms with Crippen LogP contribution >= 0.6 is 11.6 Å². The van der Waals surface area contributed by atoms with Crippen LogP contribution in [0.3, 0.4) is 0 Å². The molecule has 2 fully saturated rings. The molecule has 0 unspecified atom stereocenters. The van der Waals surface area contributed by atoms with Crippen LogP contribution in [0.4, 0.5) is 8.78 Å². The lowest BCUT2D eigenvalue weighted by molar-refractivity contribution is -0.145. The molecule has 2 aliphatic heterocycles. The second-order valence-corrected chi connectivity index (χ2v) is 10.5. The molecule has 1 saturated carbocycles. The largest absolute Gasteiger partial charge is 0.461 e. The molecule has 2 N–H and O–H groups in total. The molecule has 2 amide bonds. The molecule has 0 bridgehead atoms. The summed E-state index contributed by atoms with van der Waals surface area (Å²) < 4.78 is 36.4. The predicted molar refractivity (Wildman–Crippen MR) is 139 cm³/mol. The fraction of sp³-hybridized carbons (Fsp3) is 0.407. The SMILES string of the molecule is O=C(CO)N1CC=C(c2cc(F)c(-c3nc4nc(OC5CC(C(=O)N6CCC6)C5)[nH]c4cc3Cl)c(F)c2)CC1.